The van der Waals surface area contributed by atoms with Crippen molar-refractivity contribution in [1.29, 1.82) is 0 Å². The minimum atomic E-state index is -3.59. The van der Waals surface area contributed by atoms with Crippen molar-refractivity contribution in [2.24, 2.45) is 0 Å². The average molecular weight is 336 g/mol. The highest BCUT2D eigenvalue weighted by Gasteiger charge is 2.25. The van der Waals surface area contributed by atoms with Crippen LogP contribution in [0.1, 0.15) is 11.1 Å². The van der Waals surface area contributed by atoms with E-state index in [1.165, 1.54) is 4.31 Å². The molecule has 0 saturated heterocycles. The number of alkyl halides is 1. The molecule has 0 atom stereocenters. The quantitative estimate of drug-likeness (QED) is 0.648. The number of nitrogens with zero attached hydrogens (tertiary/aromatic N) is 1. The molecule has 0 aliphatic rings. The van der Waals surface area contributed by atoms with Crippen LogP contribution in [0.15, 0.2) is 23.1 Å². The second-order valence-electron chi connectivity index (χ2n) is 4.62. The summed E-state index contributed by atoms with van der Waals surface area (Å²) >= 11 is 5.80. The normalized spacial score (nSPS) is 12.0. The maximum atomic E-state index is 12.8. The molecule has 0 aliphatic carbocycles. The van der Waals surface area contributed by atoms with Gasteiger partial charge in [0, 0.05) is 33.2 Å². The molecule has 5 nitrogen and oxygen atoms in total. The molecule has 0 unspecified atom stereocenters. The summed E-state index contributed by atoms with van der Waals surface area (Å²) in [7, 11) is -0.510. The number of aryl methyl sites for hydroxylation is 1. The van der Waals surface area contributed by atoms with Gasteiger partial charge >= 0.3 is 0 Å². The Morgan fingerprint density at radius 3 is 2.19 bits per heavy atom. The highest BCUT2D eigenvalue weighted by molar-refractivity contribution is 7.89. The Labute approximate surface area is 131 Å². The highest BCUT2D eigenvalue weighted by Crippen LogP contribution is 2.22. The van der Waals surface area contributed by atoms with Crippen LogP contribution >= 0.6 is 11.6 Å². The van der Waals surface area contributed by atoms with E-state index in [0.29, 0.717) is 18.8 Å². The molecule has 0 N–H and O–H groups in total. The van der Waals surface area contributed by atoms with Gasteiger partial charge in [-0.15, -0.1) is 11.6 Å². The van der Waals surface area contributed by atoms with Gasteiger partial charge in [0.1, 0.15) is 0 Å². The summed E-state index contributed by atoms with van der Waals surface area (Å²) in [5, 5.41) is 0. The van der Waals surface area contributed by atoms with E-state index in [-0.39, 0.29) is 23.9 Å². The zero-order valence-corrected chi connectivity index (χ0v) is 14.2. The lowest BCUT2D eigenvalue weighted by atomic mass is 10.2. The standard InChI is InChI=1S/C14H22ClNO4S/c1-12-4-5-13(11-15)10-14(12)21(17,18)16(6-8-19-2)7-9-20-3/h4-5,10H,6-9,11H2,1-3H3. The second-order valence-corrected chi connectivity index (χ2v) is 6.80. The Morgan fingerprint density at radius 2 is 1.71 bits per heavy atom. The fourth-order valence-corrected chi connectivity index (χ4v) is 3.73. The summed E-state index contributed by atoms with van der Waals surface area (Å²) in [5.74, 6) is 0.277. The Morgan fingerprint density at radius 1 is 1.14 bits per heavy atom. The van der Waals surface area contributed by atoms with Crippen molar-refractivity contribution in [2.45, 2.75) is 17.7 Å². The molecule has 21 heavy (non-hydrogen) atoms. The molecular formula is C14H22ClNO4S. The molecule has 0 spiro atoms. The summed E-state index contributed by atoms with van der Waals surface area (Å²) in [6, 6.07) is 5.23. The predicted octanol–water partition coefficient (Wildman–Crippen LogP) is 2.02. The van der Waals surface area contributed by atoms with E-state index in [1.807, 2.05) is 6.07 Å². The van der Waals surface area contributed by atoms with Crippen molar-refractivity contribution in [2.75, 3.05) is 40.5 Å². The topological polar surface area (TPSA) is 55.8 Å². The van der Waals surface area contributed by atoms with Gasteiger partial charge in [-0.3, -0.25) is 0 Å². The third kappa shape index (κ3) is 4.93. The van der Waals surface area contributed by atoms with Crippen LogP contribution in [0, 0.1) is 6.92 Å². The number of methoxy groups -OCH3 is 2. The van der Waals surface area contributed by atoms with Gasteiger partial charge in [0.15, 0.2) is 0 Å². The predicted molar refractivity (Wildman–Crippen MR) is 83.2 cm³/mol. The van der Waals surface area contributed by atoms with E-state index in [4.69, 9.17) is 21.1 Å². The molecule has 7 heteroatoms. The molecule has 1 aromatic rings. The molecule has 0 aromatic heterocycles. The smallest absolute Gasteiger partial charge is 0.243 e. The molecule has 1 aromatic carbocycles. The van der Waals surface area contributed by atoms with Gasteiger partial charge in [-0.1, -0.05) is 12.1 Å². The molecule has 0 amide bonds. The molecule has 0 radical (unpaired) electrons. The summed E-state index contributed by atoms with van der Waals surface area (Å²) in [5.41, 5.74) is 1.47. The van der Waals surface area contributed by atoms with E-state index in [2.05, 4.69) is 0 Å². The molecule has 1 rings (SSSR count). The first-order chi connectivity index (χ1) is 9.97. The average Bonchev–Trinajstić information content (AvgIpc) is 2.47. The first kappa shape index (κ1) is 18.4. The molecule has 0 heterocycles. The van der Waals surface area contributed by atoms with Crippen molar-refractivity contribution < 1.29 is 17.9 Å². The van der Waals surface area contributed by atoms with E-state index < -0.39 is 10.0 Å². The second kappa shape index (κ2) is 8.70. The Kier molecular flexibility index (Phi) is 7.62. The van der Waals surface area contributed by atoms with Gasteiger partial charge < -0.3 is 9.47 Å². The van der Waals surface area contributed by atoms with Crippen LogP contribution in [-0.4, -0.2) is 53.2 Å². The van der Waals surface area contributed by atoms with Gasteiger partial charge in [0.25, 0.3) is 0 Å². The van der Waals surface area contributed by atoms with Crippen LogP contribution < -0.4 is 0 Å². The molecule has 0 bridgehead atoms. The zero-order valence-electron chi connectivity index (χ0n) is 12.6. The van der Waals surface area contributed by atoms with Gasteiger partial charge in [-0.2, -0.15) is 4.31 Å². The van der Waals surface area contributed by atoms with Crippen LogP contribution in [0.2, 0.25) is 0 Å². The first-order valence-corrected chi connectivity index (χ1v) is 8.58. The number of hydrogen-bond acceptors (Lipinski definition) is 4. The van der Waals surface area contributed by atoms with Crippen molar-refractivity contribution in [3.05, 3.63) is 29.3 Å². The van der Waals surface area contributed by atoms with Gasteiger partial charge in [0.05, 0.1) is 18.1 Å². The number of sulfonamides is 1. The fourth-order valence-electron chi connectivity index (χ4n) is 1.88. The van der Waals surface area contributed by atoms with Gasteiger partial charge in [-0.25, -0.2) is 8.42 Å². The molecule has 120 valence electrons. The lowest BCUT2D eigenvalue weighted by molar-refractivity contribution is 0.150. The van der Waals surface area contributed by atoms with Crippen molar-refractivity contribution in [3.63, 3.8) is 0 Å². The monoisotopic (exact) mass is 335 g/mol. The maximum absolute atomic E-state index is 12.8. The van der Waals surface area contributed by atoms with E-state index in [0.717, 1.165) is 5.56 Å². The minimum absolute atomic E-state index is 0.277. The van der Waals surface area contributed by atoms with Crippen molar-refractivity contribution in [3.8, 4) is 0 Å². The summed E-state index contributed by atoms with van der Waals surface area (Å²) in [4.78, 5) is 0.285. The Bertz CT molecular complexity index is 540. The molecule has 0 saturated carbocycles. The largest absolute Gasteiger partial charge is 0.383 e. The summed E-state index contributed by atoms with van der Waals surface area (Å²) < 4.78 is 37.0. The lowest BCUT2D eigenvalue weighted by Gasteiger charge is -2.22. The fraction of sp³-hybridized carbons (Fsp3) is 0.571. The number of rotatable bonds is 9. The Hall–Kier alpha value is -0.660. The van der Waals surface area contributed by atoms with Gasteiger partial charge in [-0.05, 0) is 24.1 Å². The third-order valence-corrected chi connectivity index (χ3v) is 5.46. The van der Waals surface area contributed by atoms with Crippen LogP contribution in [0.3, 0.4) is 0 Å². The van der Waals surface area contributed by atoms with E-state index >= 15 is 0 Å². The minimum Gasteiger partial charge on any atom is -0.383 e. The number of hydrogen-bond donors (Lipinski definition) is 0. The van der Waals surface area contributed by atoms with Crippen LogP contribution in [-0.2, 0) is 25.4 Å². The van der Waals surface area contributed by atoms with E-state index in [1.54, 1.807) is 33.3 Å². The van der Waals surface area contributed by atoms with Crippen molar-refractivity contribution in [1.82, 2.24) is 4.31 Å². The number of halogens is 1. The zero-order chi connectivity index (χ0) is 15.9. The van der Waals surface area contributed by atoms with Crippen LogP contribution in [0.25, 0.3) is 0 Å². The van der Waals surface area contributed by atoms with E-state index in [9.17, 15) is 8.42 Å². The third-order valence-electron chi connectivity index (χ3n) is 3.11. The highest BCUT2D eigenvalue weighted by atomic mass is 35.5. The molecule has 0 fully saturated rings. The maximum Gasteiger partial charge on any atom is 0.243 e. The van der Waals surface area contributed by atoms with Gasteiger partial charge in [0.2, 0.25) is 10.0 Å². The lowest BCUT2D eigenvalue weighted by Crippen LogP contribution is -2.36. The summed E-state index contributed by atoms with van der Waals surface area (Å²) in [6.07, 6.45) is 0. The first-order valence-electron chi connectivity index (χ1n) is 6.61. The molecular weight excluding hydrogens is 314 g/mol. The summed E-state index contributed by atoms with van der Waals surface area (Å²) in [6.45, 7) is 3.00. The number of benzene rings is 1. The van der Waals surface area contributed by atoms with Crippen LogP contribution in [0.4, 0.5) is 0 Å². The van der Waals surface area contributed by atoms with Crippen molar-refractivity contribution >= 4 is 21.6 Å². The SMILES string of the molecule is COCCN(CCOC)S(=O)(=O)c1cc(CCl)ccc1C. The Balaban J connectivity index is 3.14. The number of ether oxygens (including phenoxy) is 2. The van der Waals surface area contributed by atoms with Crippen LogP contribution in [0.5, 0.6) is 0 Å². The molecule has 0 aliphatic heterocycles.